The van der Waals surface area contributed by atoms with Gasteiger partial charge in [0.05, 0.1) is 6.54 Å². The number of benzene rings is 1. The van der Waals surface area contributed by atoms with Gasteiger partial charge in [-0.3, -0.25) is 0 Å². The van der Waals surface area contributed by atoms with Crippen LogP contribution in [0.4, 0.5) is 0 Å². The molecule has 0 spiro atoms. The van der Waals surface area contributed by atoms with E-state index in [1.165, 1.54) is 24.0 Å². The molecule has 0 aliphatic rings. The SMILES string of the molecule is CCNC(=NCc1ccc(CN(C)C)cc1)NCC(CC)CC.I. The number of rotatable bonds is 9. The Morgan fingerprint density at radius 3 is 2.08 bits per heavy atom. The van der Waals surface area contributed by atoms with Gasteiger partial charge < -0.3 is 15.5 Å². The Balaban J connectivity index is 0.00000529. The topological polar surface area (TPSA) is 39.7 Å². The van der Waals surface area contributed by atoms with Crippen LogP contribution < -0.4 is 10.6 Å². The molecule has 0 unspecified atom stereocenters. The van der Waals surface area contributed by atoms with Crippen LogP contribution in [0.15, 0.2) is 29.3 Å². The molecule has 0 saturated carbocycles. The van der Waals surface area contributed by atoms with Gasteiger partial charge in [0.2, 0.25) is 0 Å². The fraction of sp³-hybridized carbons (Fsp3) is 0.632. The van der Waals surface area contributed by atoms with E-state index >= 15 is 0 Å². The molecule has 138 valence electrons. The molecule has 0 aliphatic carbocycles. The first kappa shape index (κ1) is 23.2. The summed E-state index contributed by atoms with van der Waals surface area (Å²) in [4.78, 5) is 6.88. The number of hydrogen-bond donors (Lipinski definition) is 2. The molecule has 0 aromatic heterocycles. The van der Waals surface area contributed by atoms with Crippen molar-refractivity contribution in [2.75, 3.05) is 27.2 Å². The molecule has 1 aromatic carbocycles. The molecule has 0 saturated heterocycles. The number of halogens is 1. The van der Waals surface area contributed by atoms with Gasteiger partial charge in [0, 0.05) is 19.6 Å². The van der Waals surface area contributed by atoms with Crippen molar-refractivity contribution >= 4 is 29.9 Å². The van der Waals surface area contributed by atoms with Crippen LogP contribution in [-0.4, -0.2) is 38.0 Å². The molecule has 1 rings (SSSR count). The summed E-state index contributed by atoms with van der Waals surface area (Å²) in [6.45, 7) is 10.1. The predicted molar refractivity (Wildman–Crippen MR) is 116 cm³/mol. The summed E-state index contributed by atoms with van der Waals surface area (Å²) in [6.07, 6.45) is 2.41. The minimum Gasteiger partial charge on any atom is -0.357 e. The molecule has 4 nitrogen and oxygen atoms in total. The third-order valence-corrected chi connectivity index (χ3v) is 4.00. The molecule has 1 aromatic rings. The number of hydrogen-bond acceptors (Lipinski definition) is 2. The van der Waals surface area contributed by atoms with Crippen molar-refractivity contribution < 1.29 is 0 Å². The molecule has 0 amide bonds. The maximum absolute atomic E-state index is 4.70. The minimum absolute atomic E-state index is 0. The smallest absolute Gasteiger partial charge is 0.191 e. The molecule has 0 atom stereocenters. The second-order valence-electron chi connectivity index (χ2n) is 6.31. The third-order valence-electron chi connectivity index (χ3n) is 4.00. The lowest BCUT2D eigenvalue weighted by Crippen LogP contribution is -2.39. The molecule has 2 N–H and O–H groups in total. The van der Waals surface area contributed by atoms with Crippen molar-refractivity contribution in [3.8, 4) is 0 Å². The van der Waals surface area contributed by atoms with Gasteiger partial charge in [-0.15, -0.1) is 24.0 Å². The highest BCUT2D eigenvalue weighted by Gasteiger charge is 2.04. The van der Waals surface area contributed by atoms with Crippen LogP contribution >= 0.6 is 24.0 Å². The second-order valence-corrected chi connectivity index (χ2v) is 6.31. The molecule has 0 bridgehead atoms. The fourth-order valence-corrected chi connectivity index (χ4v) is 2.45. The first-order chi connectivity index (χ1) is 11.1. The maximum Gasteiger partial charge on any atom is 0.191 e. The lowest BCUT2D eigenvalue weighted by atomic mass is 10.0. The summed E-state index contributed by atoms with van der Waals surface area (Å²) in [7, 11) is 4.18. The van der Waals surface area contributed by atoms with E-state index in [0.29, 0.717) is 12.5 Å². The highest BCUT2D eigenvalue weighted by Crippen LogP contribution is 2.08. The average molecular weight is 446 g/mol. The lowest BCUT2D eigenvalue weighted by molar-refractivity contribution is 0.402. The highest BCUT2D eigenvalue weighted by molar-refractivity contribution is 14.0. The molecule has 0 aliphatic heterocycles. The van der Waals surface area contributed by atoms with Crippen LogP contribution in [-0.2, 0) is 13.1 Å². The molecule has 0 heterocycles. The number of aliphatic imine (C=N–C) groups is 1. The summed E-state index contributed by atoms with van der Waals surface area (Å²) in [5.41, 5.74) is 2.58. The van der Waals surface area contributed by atoms with E-state index in [0.717, 1.165) is 25.6 Å². The van der Waals surface area contributed by atoms with Gasteiger partial charge in [-0.1, -0.05) is 51.0 Å². The Bertz CT molecular complexity index is 453. The zero-order valence-corrected chi connectivity index (χ0v) is 18.3. The Kier molecular flexibility index (Phi) is 13.0. The average Bonchev–Trinajstić information content (AvgIpc) is 2.54. The molecular weight excluding hydrogens is 411 g/mol. The molecule has 5 heteroatoms. The fourth-order valence-electron chi connectivity index (χ4n) is 2.45. The van der Waals surface area contributed by atoms with Crippen LogP contribution in [0.1, 0.15) is 44.7 Å². The standard InChI is InChI=1S/C19H34N4.HI/c1-6-16(7-2)13-21-19(20-8-3)22-14-17-9-11-18(12-10-17)15-23(4)5;/h9-12,16H,6-8,13-15H2,1-5H3,(H2,20,21,22);1H. The maximum atomic E-state index is 4.70. The van der Waals surface area contributed by atoms with Gasteiger partial charge in [0.1, 0.15) is 0 Å². The van der Waals surface area contributed by atoms with E-state index in [9.17, 15) is 0 Å². The Hall–Kier alpha value is -0.820. The largest absolute Gasteiger partial charge is 0.357 e. The summed E-state index contributed by atoms with van der Waals surface area (Å²) in [5, 5.41) is 6.79. The van der Waals surface area contributed by atoms with Crippen LogP contribution in [0.5, 0.6) is 0 Å². The van der Waals surface area contributed by atoms with Crippen molar-refractivity contribution in [3.63, 3.8) is 0 Å². The van der Waals surface area contributed by atoms with E-state index in [-0.39, 0.29) is 24.0 Å². The minimum atomic E-state index is 0. The first-order valence-corrected chi connectivity index (χ1v) is 8.83. The van der Waals surface area contributed by atoms with Gasteiger partial charge in [-0.25, -0.2) is 4.99 Å². The Morgan fingerprint density at radius 1 is 1.00 bits per heavy atom. The number of guanidine groups is 1. The van der Waals surface area contributed by atoms with Gasteiger partial charge in [-0.2, -0.15) is 0 Å². The van der Waals surface area contributed by atoms with E-state index in [2.05, 4.69) is 74.7 Å². The van der Waals surface area contributed by atoms with Crippen LogP contribution in [0.2, 0.25) is 0 Å². The van der Waals surface area contributed by atoms with E-state index < -0.39 is 0 Å². The van der Waals surface area contributed by atoms with Gasteiger partial charge >= 0.3 is 0 Å². The quantitative estimate of drug-likeness (QED) is 0.344. The van der Waals surface area contributed by atoms with Crippen molar-refractivity contribution in [2.45, 2.75) is 46.7 Å². The Labute approximate surface area is 165 Å². The van der Waals surface area contributed by atoms with E-state index in [4.69, 9.17) is 4.99 Å². The monoisotopic (exact) mass is 446 g/mol. The Morgan fingerprint density at radius 2 is 1.58 bits per heavy atom. The van der Waals surface area contributed by atoms with Gasteiger partial charge in [0.25, 0.3) is 0 Å². The third kappa shape index (κ3) is 9.47. The molecular formula is C19H35IN4. The summed E-state index contributed by atoms with van der Waals surface area (Å²) >= 11 is 0. The van der Waals surface area contributed by atoms with Crippen molar-refractivity contribution in [1.29, 1.82) is 0 Å². The van der Waals surface area contributed by atoms with E-state index in [1.54, 1.807) is 0 Å². The van der Waals surface area contributed by atoms with E-state index in [1.807, 2.05) is 0 Å². The van der Waals surface area contributed by atoms with Gasteiger partial charge in [0.15, 0.2) is 5.96 Å². The van der Waals surface area contributed by atoms with Crippen LogP contribution in [0.3, 0.4) is 0 Å². The van der Waals surface area contributed by atoms with Crippen molar-refractivity contribution in [2.24, 2.45) is 10.9 Å². The van der Waals surface area contributed by atoms with Crippen molar-refractivity contribution in [3.05, 3.63) is 35.4 Å². The first-order valence-electron chi connectivity index (χ1n) is 8.83. The number of nitrogens with one attached hydrogen (secondary N) is 2. The predicted octanol–water partition coefficient (Wildman–Crippen LogP) is 3.86. The van der Waals surface area contributed by atoms with Gasteiger partial charge in [-0.05, 0) is 38.1 Å². The van der Waals surface area contributed by atoms with Crippen molar-refractivity contribution in [1.82, 2.24) is 15.5 Å². The van der Waals surface area contributed by atoms with Crippen LogP contribution in [0, 0.1) is 5.92 Å². The normalized spacial score (nSPS) is 11.5. The second kappa shape index (κ2) is 13.5. The zero-order chi connectivity index (χ0) is 17.1. The lowest BCUT2D eigenvalue weighted by Gasteiger charge is -2.16. The zero-order valence-electron chi connectivity index (χ0n) is 15.9. The summed E-state index contributed by atoms with van der Waals surface area (Å²) in [5.74, 6) is 1.63. The number of nitrogens with zero attached hydrogens (tertiary/aromatic N) is 2. The van der Waals surface area contributed by atoms with Crippen LogP contribution in [0.25, 0.3) is 0 Å². The molecule has 0 radical (unpaired) electrons. The summed E-state index contributed by atoms with van der Waals surface area (Å²) in [6, 6.07) is 8.73. The molecule has 0 fully saturated rings. The highest BCUT2D eigenvalue weighted by atomic mass is 127. The molecule has 24 heavy (non-hydrogen) atoms. The summed E-state index contributed by atoms with van der Waals surface area (Å²) < 4.78 is 0.